The number of rotatable bonds is 6. The Morgan fingerprint density at radius 2 is 1.86 bits per heavy atom. The maximum absolute atomic E-state index is 12.4. The maximum Gasteiger partial charge on any atom is 0.263 e. The summed E-state index contributed by atoms with van der Waals surface area (Å²) in [6.07, 6.45) is 0. The van der Waals surface area contributed by atoms with Crippen LogP contribution in [0.3, 0.4) is 0 Å². The van der Waals surface area contributed by atoms with Crippen molar-refractivity contribution in [2.24, 2.45) is 0 Å². The van der Waals surface area contributed by atoms with Crippen LogP contribution in [0.15, 0.2) is 57.9 Å². The standard InChI is InChI=1S/C15H17BrN2O2S/c1-2-17-11-12-6-5-7-13(10-12)18-21(19,20)15-9-4-3-8-14(15)16/h3-10,17-18H,2,11H2,1H3. The van der Waals surface area contributed by atoms with E-state index in [2.05, 4.69) is 26.0 Å². The van der Waals surface area contributed by atoms with Gasteiger partial charge in [-0.2, -0.15) is 0 Å². The lowest BCUT2D eigenvalue weighted by Gasteiger charge is -2.11. The van der Waals surface area contributed by atoms with Crippen LogP contribution in [0.2, 0.25) is 0 Å². The average molecular weight is 369 g/mol. The second-order valence-corrected chi connectivity index (χ2v) is 7.02. The molecule has 0 aliphatic rings. The zero-order valence-corrected chi connectivity index (χ0v) is 14.0. The second-order valence-electron chi connectivity index (χ2n) is 4.52. The van der Waals surface area contributed by atoms with Crippen molar-refractivity contribution in [3.05, 3.63) is 58.6 Å². The Bertz CT molecular complexity index is 717. The Hall–Kier alpha value is -1.37. The number of nitrogens with one attached hydrogen (secondary N) is 2. The van der Waals surface area contributed by atoms with Gasteiger partial charge in [0, 0.05) is 16.7 Å². The smallest absolute Gasteiger partial charge is 0.263 e. The van der Waals surface area contributed by atoms with Gasteiger partial charge in [-0.05, 0) is 52.3 Å². The lowest BCUT2D eigenvalue weighted by Crippen LogP contribution is -2.15. The van der Waals surface area contributed by atoms with E-state index in [0.717, 1.165) is 12.1 Å². The Morgan fingerprint density at radius 3 is 2.57 bits per heavy atom. The molecule has 2 aromatic carbocycles. The Morgan fingerprint density at radius 1 is 1.10 bits per heavy atom. The summed E-state index contributed by atoms with van der Waals surface area (Å²) in [5.74, 6) is 0. The van der Waals surface area contributed by atoms with Crippen molar-refractivity contribution in [1.82, 2.24) is 5.32 Å². The fourth-order valence-corrected chi connectivity index (χ4v) is 3.94. The molecule has 0 spiro atoms. The van der Waals surface area contributed by atoms with Crippen molar-refractivity contribution in [2.75, 3.05) is 11.3 Å². The third-order valence-corrected chi connectivity index (χ3v) is 5.28. The van der Waals surface area contributed by atoms with Crippen LogP contribution in [-0.2, 0) is 16.6 Å². The summed E-state index contributed by atoms with van der Waals surface area (Å²) in [5.41, 5.74) is 1.59. The summed E-state index contributed by atoms with van der Waals surface area (Å²) < 4.78 is 27.9. The van der Waals surface area contributed by atoms with Crippen molar-refractivity contribution >= 4 is 31.6 Å². The highest BCUT2D eigenvalue weighted by Crippen LogP contribution is 2.24. The van der Waals surface area contributed by atoms with Gasteiger partial charge in [-0.25, -0.2) is 8.42 Å². The minimum atomic E-state index is -3.60. The topological polar surface area (TPSA) is 58.2 Å². The van der Waals surface area contributed by atoms with Crippen LogP contribution in [0.4, 0.5) is 5.69 Å². The summed E-state index contributed by atoms with van der Waals surface area (Å²) in [6.45, 7) is 3.60. The van der Waals surface area contributed by atoms with Crippen molar-refractivity contribution in [3.8, 4) is 0 Å². The van der Waals surface area contributed by atoms with E-state index in [-0.39, 0.29) is 4.90 Å². The van der Waals surface area contributed by atoms with Crippen molar-refractivity contribution in [2.45, 2.75) is 18.4 Å². The predicted octanol–water partition coefficient (Wildman–Crippen LogP) is 3.36. The van der Waals surface area contributed by atoms with Crippen LogP contribution in [-0.4, -0.2) is 15.0 Å². The first kappa shape index (κ1) is 16.0. The van der Waals surface area contributed by atoms with Gasteiger partial charge in [0.15, 0.2) is 0 Å². The van der Waals surface area contributed by atoms with Crippen LogP contribution >= 0.6 is 15.9 Å². The maximum atomic E-state index is 12.4. The van der Waals surface area contributed by atoms with Gasteiger partial charge in [-0.1, -0.05) is 31.2 Å². The molecule has 0 heterocycles. The van der Waals surface area contributed by atoms with Gasteiger partial charge in [0.05, 0.1) is 0 Å². The number of hydrogen-bond donors (Lipinski definition) is 2. The van der Waals surface area contributed by atoms with E-state index in [1.165, 1.54) is 0 Å². The molecule has 0 bridgehead atoms. The summed E-state index contributed by atoms with van der Waals surface area (Å²) in [6, 6.07) is 14.1. The molecule has 0 atom stereocenters. The SMILES string of the molecule is CCNCc1cccc(NS(=O)(=O)c2ccccc2Br)c1. The van der Waals surface area contributed by atoms with Gasteiger partial charge in [0.2, 0.25) is 0 Å². The molecule has 112 valence electrons. The summed E-state index contributed by atoms with van der Waals surface area (Å²) in [4.78, 5) is 0.224. The molecule has 0 aromatic heterocycles. The van der Waals surface area contributed by atoms with E-state index in [1.54, 1.807) is 30.3 Å². The Labute approximate surface area is 133 Å². The molecule has 0 saturated heterocycles. The Kier molecular flexibility index (Phi) is 5.39. The highest BCUT2D eigenvalue weighted by molar-refractivity contribution is 9.10. The van der Waals surface area contributed by atoms with Crippen LogP contribution in [0.5, 0.6) is 0 Å². The molecule has 0 fully saturated rings. The lowest BCUT2D eigenvalue weighted by molar-refractivity contribution is 0.600. The molecular formula is C15H17BrN2O2S. The van der Waals surface area contributed by atoms with Crippen LogP contribution < -0.4 is 10.0 Å². The highest BCUT2D eigenvalue weighted by Gasteiger charge is 2.17. The van der Waals surface area contributed by atoms with E-state index in [1.807, 2.05) is 25.1 Å². The quantitative estimate of drug-likeness (QED) is 0.821. The third-order valence-electron chi connectivity index (χ3n) is 2.88. The normalized spacial score (nSPS) is 11.3. The molecular weight excluding hydrogens is 352 g/mol. The van der Waals surface area contributed by atoms with Crippen LogP contribution in [0, 0.1) is 0 Å². The van der Waals surface area contributed by atoms with Crippen molar-refractivity contribution < 1.29 is 8.42 Å². The highest BCUT2D eigenvalue weighted by atomic mass is 79.9. The number of sulfonamides is 1. The first-order chi connectivity index (χ1) is 10.0. The molecule has 0 aliphatic carbocycles. The molecule has 2 aromatic rings. The number of halogens is 1. The minimum absolute atomic E-state index is 0.224. The zero-order valence-electron chi connectivity index (χ0n) is 11.6. The minimum Gasteiger partial charge on any atom is -0.313 e. The summed E-state index contributed by atoms with van der Waals surface area (Å²) in [7, 11) is -3.60. The number of anilines is 1. The molecule has 21 heavy (non-hydrogen) atoms. The fraction of sp³-hybridized carbons (Fsp3) is 0.200. The molecule has 0 radical (unpaired) electrons. The molecule has 4 nitrogen and oxygen atoms in total. The van der Waals surface area contributed by atoms with E-state index < -0.39 is 10.0 Å². The van der Waals surface area contributed by atoms with Gasteiger partial charge in [-0.15, -0.1) is 0 Å². The first-order valence-electron chi connectivity index (χ1n) is 6.60. The molecule has 6 heteroatoms. The molecule has 0 amide bonds. The molecule has 2 rings (SSSR count). The van der Waals surface area contributed by atoms with Gasteiger partial charge in [0.25, 0.3) is 10.0 Å². The monoisotopic (exact) mass is 368 g/mol. The molecule has 0 unspecified atom stereocenters. The van der Waals surface area contributed by atoms with Gasteiger partial charge >= 0.3 is 0 Å². The predicted molar refractivity (Wildman–Crippen MR) is 88.8 cm³/mol. The van der Waals surface area contributed by atoms with E-state index in [4.69, 9.17) is 0 Å². The van der Waals surface area contributed by atoms with Crippen LogP contribution in [0.25, 0.3) is 0 Å². The van der Waals surface area contributed by atoms with Gasteiger partial charge < -0.3 is 5.32 Å². The number of benzene rings is 2. The van der Waals surface area contributed by atoms with Crippen molar-refractivity contribution in [1.29, 1.82) is 0 Å². The second kappa shape index (κ2) is 7.06. The largest absolute Gasteiger partial charge is 0.313 e. The molecule has 2 N–H and O–H groups in total. The summed E-state index contributed by atoms with van der Waals surface area (Å²) in [5, 5.41) is 3.21. The molecule has 0 aliphatic heterocycles. The zero-order chi connectivity index (χ0) is 15.3. The number of hydrogen-bond acceptors (Lipinski definition) is 3. The fourth-order valence-electron chi connectivity index (χ4n) is 1.89. The van der Waals surface area contributed by atoms with Gasteiger partial charge in [0.1, 0.15) is 4.90 Å². The third kappa shape index (κ3) is 4.30. The van der Waals surface area contributed by atoms with E-state index >= 15 is 0 Å². The Balaban J connectivity index is 2.23. The van der Waals surface area contributed by atoms with Crippen molar-refractivity contribution in [3.63, 3.8) is 0 Å². The summed E-state index contributed by atoms with van der Waals surface area (Å²) >= 11 is 3.26. The molecule has 0 saturated carbocycles. The van der Waals surface area contributed by atoms with E-state index in [0.29, 0.717) is 16.7 Å². The first-order valence-corrected chi connectivity index (χ1v) is 8.87. The average Bonchev–Trinajstić information content (AvgIpc) is 2.45. The van der Waals surface area contributed by atoms with Crippen LogP contribution in [0.1, 0.15) is 12.5 Å². The van der Waals surface area contributed by atoms with E-state index in [9.17, 15) is 8.42 Å². The lowest BCUT2D eigenvalue weighted by atomic mass is 10.2. The van der Waals surface area contributed by atoms with Gasteiger partial charge in [-0.3, -0.25) is 4.72 Å².